The van der Waals surface area contributed by atoms with Gasteiger partial charge in [-0.15, -0.1) is 0 Å². The Morgan fingerprint density at radius 1 is 1.06 bits per heavy atom. The number of ether oxygens (including phenoxy) is 1. The average Bonchev–Trinajstić information content (AvgIpc) is 2.80. The molecule has 1 spiro atoms. The van der Waals surface area contributed by atoms with Crippen LogP contribution >= 0.6 is 0 Å². The molecule has 7 heteroatoms. The molecule has 7 nitrogen and oxygen atoms in total. The summed E-state index contributed by atoms with van der Waals surface area (Å²) < 4.78 is 4.68. The number of esters is 1. The lowest BCUT2D eigenvalue weighted by Gasteiger charge is -2.61. The van der Waals surface area contributed by atoms with Crippen molar-refractivity contribution in [3.63, 3.8) is 0 Å². The second kappa shape index (κ2) is 14.3. The summed E-state index contributed by atoms with van der Waals surface area (Å²) in [7, 11) is 1.32. The minimum absolute atomic E-state index is 0.149. The lowest BCUT2D eigenvalue weighted by molar-refractivity contribution is -0.142. The summed E-state index contributed by atoms with van der Waals surface area (Å²) in [6.45, 7) is 20.0. The van der Waals surface area contributed by atoms with Gasteiger partial charge in [-0.25, -0.2) is 9.59 Å². The lowest BCUT2D eigenvalue weighted by Crippen LogP contribution is -2.63. The quantitative estimate of drug-likeness (QED) is 0.536. The normalized spacial score (nSPS) is 19.6. The molecular weight excluding hydrogens is 442 g/mol. The predicted octanol–water partition coefficient (Wildman–Crippen LogP) is 5.45. The van der Waals surface area contributed by atoms with Crippen LogP contribution in [-0.2, 0) is 9.53 Å². The highest BCUT2D eigenvalue weighted by Crippen LogP contribution is 2.55. The molecular formula is C28H49N3O4. The minimum atomic E-state index is -0.654. The van der Waals surface area contributed by atoms with Gasteiger partial charge in [-0.2, -0.15) is 0 Å². The van der Waals surface area contributed by atoms with Crippen molar-refractivity contribution in [1.82, 2.24) is 15.1 Å². The van der Waals surface area contributed by atoms with E-state index in [4.69, 9.17) is 0 Å². The molecule has 2 amide bonds. The van der Waals surface area contributed by atoms with Gasteiger partial charge in [0.1, 0.15) is 11.8 Å². The number of urea groups is 1. The van der Waals surface area contributed by atoms with E-state index in [1.807, 2.05) is 26.0 Å². The first-order valence-electron chi connectivity index (χ1n) is 13.2. The summed E-state index contributed by atoms with van der Waals surface area (Å²) in [4.78, 5) is 28.4. The molecule has 2 atom stereocenters. The molecule has 2 fully saturated rings. The molecule has 1 aromatic rings. The SMILES string of the molecule is CC.CC(C)C.COC(=O)C(C)NC(=O)N1CCC2(CC1)CN(CC(C)C)C2c1ccc(O)cc1. The molecule has 1 aromatic carbocycles. The van der Waals surface area contributed by atoms with E-state index in [2.05, 4.69) is 49.6 Å². The van der Waals surface area contributed by atoms with Crippen LogP contribution in [0.2, 0.25) is 0 Å². The van der Waals surface area contributed by atoms with Crippen molar-refractivity contribution < 1.29 is 19.4 Å². The maximum Gasteiger partial charge on any atom is 0.328 e. The Morgan fingerprint density at radius 3 is 2.03 bits per heavy atom. The standard InChI is InChI=1S/C22H33N3O4.C4H10.C2H6/c1-15(2)13-25-14-22(19(25)17-5-7-18(26)8-6-17)9-11-24(12-10-22)21(28)23-16(3)20(27)29-4;1-4(2)3;1-2/h5-8,15-16,19,26H,9-14H2,1-4H3,(H,23,28);4H,1-3H3;1-2H3. The van der Waals surface area contributed by atoms with Gasteiger partial charge in [-0.3, -0.25) is 4.90 Å². The number of nitrogens with one attached hydrogen (secondary N) is 1. The van der Waals surface area contributed by atoms with Crippen LogP contribution in [0.25, 0.3) is 0 Å². The number of methoxy groups -OCH3 is 1. The van der Waals surface area contributed by atoms with Gasteiger partial charge in [-0.1, -0.05) is 60.6 Å². The number of hydrogen-bond acceptors (Lipinski definition) is 5. The third-order valence-electron chi connectivity index (χ3n) is 6.21. The van der Waals surface area contributed by atoms with Crippen molar-refractivity contribution >= 4 is 12.0 Å². The Kier molecular flexibility index (Phi) is 12.6. The first-order valence-corrected chi connectivity index (χ1v) is 13.2. The molecule has 2 aliphatic heterocycles. The number of carbonyl (C=O) groups is 2. The van der Waals surface area contributed by atoms with Crippen LogP contribution in [-0.4, -0.2) is 66.2 Å². The first-order chi connectivity index (χ1) is 16.5. The second-order valence-electron chi connectivity index (χ2n) is 10.6. The van der Waals surface area contributed by atoms with Gasteiger partial charge in [0, 0.05) is 37.6 Å². The highest BCUT2D eigenvalue weighted by Gasteiger charge is 2.54. The number of amides is 2. The van der Waals surface area contributed by atoms with E-state index in [1.54, 1.807) is 24.0 Å². The molecule has 2 heterocycles. The smallest absolute Gasteiger partial charge is 0.328 e. The predicted molar refractivity (Wildman–Crippen MR) is 142 cm³/mol. The molecule has 2 aliphatic rings. The summed E-state index contributed by atoms with van der Waals surface area (Å²) in [5, 5.41) is 12.4. The molecule has 2 N–H and O–H groups in total. The van der Waals surface area contributed by atoms with Crippen molar-refractivity contribution in [1.29, 1.82) is 0 Å². The number of nitrogens with zero attached hydrogens (tertiary/aromatic N) is 2. The number of phenols is 1. The van der Waals surface area contributed by atoms with Crippen molar-refractivity contribution in [2.75, 3.05) is 33.3 Å². The molecule has 3 rings (SSSR count). The van der Waals surface area contributed by atoms with Crippen LogP contribution in [0, 0.1) is 17.3 Å². The molecule has 0 aliphatic carbocycles. The Hall–Kier alpha value is -2.28. The number of rotatable bonds is 5. The van der Waals surface area contributed by atoms with Gasteiger partial charge < -0.3 is 20.1 Å². The minimum Gasteiger partial charge on any atom is -0.508 e. The Bertz CT molecular complexity index is 768. The maximum atomic E-state index is 12.5. The van der Waals surface area contributed by atoms with E-state index < -0.39 is 12.0 Å². The summed E-state index contributed by atoms with van der Waals surface area (Å²) in [6.07, 6.45) is 1.85. The largest absolute Gasteiger partial charge is 0.508 e. The molecule has 200 valence electrons. The van der Waals surface area contributed by atoms with Gasteiger partial charge in [0.05, 0.1) is 7.11 Å². The number of benzene rings is 1. The Labute approximate surface area is 213 Å². The molecule has 35 heavy (non-hydrogen) atoms. The van der Waals surface area contributed by atoms with Crippen LogP contribution in [0.3, 0.4) is 0 Å². The van der Waals surface area contributed by atoms with Crippen LogP contribution in [0.5, 0.6) is 5.75 Å². The van der Waals surface area contributed by atoms with E-state index in [0.29, 0.717) is 25.0 Å². The second-order valence-corrected chi connectivity index (χ2v) is 10.6. The number of piperidine rings is 1. The Balaban J connectivity index is 0.000000926. The van der Waals surface area contributed by atoms with Gasteiger partial charge in [0.2, 0.25) is 0 Å². The van der Waals surface area contributed by atoms with Gasteiger partial charge in [-0.05, 0) is 49.3 Å². The number of phenolic OH excluding ortho intramolecular Hbond substituents is 1. The molecule has 2 unspecified atom stereocenters. The number of aromatic hydroxyl groups is 1. The van der Waals surface area contributed by atoms with E-state index in [-0.39, 0.29) is 17.2 Å². The Morgan fingerprint density at radius 2 is 1.57 bits per heavy atom. The first kappa shape index (κ1) is 30.8. The van der Waals surface area contributed by atoms with Gasteiger partial charge in [0.25, 0.3) is 0 Å². The summed E-state index contributed by atoms with van der Waals surface area (Å²) >= 11 is 0. The van der Waals surface area contributed by atoms with Crippen LogP contribution in [0.1, 0.15) is 79.8 Å². The van der Waals surface area contributed by atoms with Crippen LogP contribution in [0.4, 0.5) is 4.79 Å². The highest BCUT2D eigenvalue weighted by molar-refractivity contribution is 5.83. The maximum absolute atomic E-state index is 12.5. The fourth-order valence-corrected chi connectivity index (χ4v) is 4.82. The summed E-state index contributed by atoms with van der Waals surface area (Å²) in [5.74, 6) is 1.25. The highest BCUT2D eigenvalue weighted by atomic mass is 16.5. The summed E-state index contributed by atoms with van der Waals surface area (Å²) in [5.41, 5.74) is 1.38. The van der Waals surface area contributed by atoms with Crippen molar-refractivity contribution in [2.45, 2.75) is 80.3 Å². The third kappa shape index (κ3) is 8.71. The lowest BCUT2D eigenvalue weighted by atomic mass is 9.63. The zero-order chi connectivity index (χ0) is 26.8. The summed E-state index contributed by atoms with van der Waals surface area (Å²) in [6, 6.07) is 6.99. The van der Waals surface area contributed by atoms with Crippen molar-refractivity contribution in [3.05, 3.63) is 29.8 Å². The van der Waals surface area contributed by atoms with E-state index >= 15 is 0 Å². The molecule has 0 bridgehead atoms. The van der Waals surface area contributed by atoms with Crippen molar-refractivity contribution in [3.8, 4) is 5.75 Å². The third-order valence-corrected chi connectivity index (χ3v) is 6.21. The molecule has 0 radical (unpaired) electrons. The van der Waals surface area contributed by atoms with Crippen LogP contribution < -0.4 is 5.32 Å². The van der Waals surface area contributed by atoms with E-state index in [1.165, 1.54) is 12.7 Å². The van der Waals surface area contributed by atoms with Crippen molar-refractivity contribution in [2.24, 2.45) is 17.3 Å². The zero-order valence-corrected chi connectivity index (χ0v) is 23.4. The fraction of sp³-hybridized carbons (Fsp3) is 0.714. The fourth-order valence-electron chi connectivity index (χ4n) is 4.82. The molecule has 0 aromatic heterocycles. The number of hydrogen-bond donors (Lipinski definition) is 2. The molecule has 2 saturated heterocycles. The zero-order valence-electron chi connectivity index (χ0n) is 23.4. The number of carbonyl (C=O) groups excluding carboxylic acids is 2. The van der Waals surface area contributed by atoms with E-state index in [9.17, 15) is 14.7 Å². The monoisotopic (exact) mass is 491 g/mol. The van der Waals surface area contributed by atoms with Crippen LogP contribution in [0.15, 0.2) is 24.3 Å². The van der Waals surface area contributed by atoms with E-state index in [0.717, 1.165) is 31.8 Å². The number of likely N-dealkylation sites (tertiary alicyclic amines) is 2. The molecule has 0 saturated carbocycles. The topological polar surface area (TPSA) is 82.1 Å². The average molecular weight is 492 g/mol. The van der Waals surface area contributed by atoms with Gasteiger partial charge in [0.15, 0.2) is 0 Å². The van der Waals surface area contributed by atoms with Gasteiger partial charge >= 0.3 is 12.0 Å².